The number of thiazole rings is 1. The number of aryl methyl sites for hydroxylation is 1. The second kappa shape index (κ2) is 8.23. The summed E-state index contributed by atoms with van der Waals surface area (Å²) < 4.78 is 2.16. The Labute approximate surface area is 142 Å². The number of carbonyl (C=O) groups is 2. The van der Waals surface area contributed by atoms with Gasteiger partial charge in [0.15, 0.2) is 4.96 Å². The predicted molar refractivity (Wildman–Crippen MR) is 90.1 cm³/mol. The van der Waals surface area contributed by atoms with Crippen LogP contribution in [0.5, 0.6) is 0 Å². The fourth-order valence-corrected chi connectivity index (χ4v) is 2.85. The lowest BCUT2D eigenvalue weighted by atomic mass is 10.2. The van der Waals surface area contributed by atoms with Crippen molar-refractivity contribution >= 4 is 28.2 Å². The number of rotatable bonds is 4. The molecule has 1 aromatic carbocycles. The van der Waals surface area contributed by atoms with Gasteiger partial charge >= 0.3 is 11.9 Å². The van der Waals surface area contributed by atoms with E-state index in [0.29, 0.717) is 0 Å². The lowest BCUT2D eigenvalue weighted by molar-refractivity contribution is -0.159. The number of carboxylic acids is 2. The van der Waals surface area contributed by atoms with Crippen molar-refractivity contribution in [2.45, 2.75) is 20.0 Å². The second-order valence-corrected chi connectivity index (χ2v) is 5.77. The van der Waals surface area contributed by atoms with Gasteiger partial charge in [0.1, 0.15) is 0 Å². The van der Waals surface area contributed by atoms with Gasteiger partial charge in [-0.1, -0.05) is 30.3 Å². The fraction of sp³-hybridized carbons (Fsp3) is 0.188. The Morgan fingerprint density at radius 2 is 1.83 bits per heavy atom. The lowest BCUT2D eigenvalue weighted by Gasteiger charge is -2.05. The Morgan fingerprint density at radius 1 is 1.17 bits per heavy atom. The summed E-state index contributed by atoms with van der Waals surface area (Å²) in [5.74, 6) is -3.65. The molecule has 24 heavy (non-hydrogen) atoms. The fourth-order valence-electron chi connectivity index (χ4n) is 2.07. The van der Waals surface area contributed by atoms with Crippen LogP contribution in [0, 0.1) is 6.92 Å². The zero-order valence-electron chi connectivity index (χ0n) is 13.0. The molecule has 3 N–H and O–H groups in total. The molecule has 0 saturated heterocycles. The van der Waals surface area contributed by atoms with E-state index >= 15 is 0 Å². The smallest absolute Gasteiger partial charge is 0.414 e. The van der Waals surface area contributed by atoms with E-state index in [1.807, 2.05) is 6.07 Å². The molecule has 7 nitrogen and oxygen atoms in total. The number of aliphatic carboxylic acids is 2. The van der Waals surface area contributed by atoms with Gasteiger partial charge in [-0.05, 0) is 12.5 Å². The average molecular weight is 347 g/mol. The van der Waals surface area contributed by atoms with Crippen molar-refractivity contribution in [3.8, 4) is 0 Å². The van der Waals surface area contributed by atoms with Crippen molar-refractivity contribution in [2.75, 3.05) is 0 Å². The summed E-state index contributed by atoms with van der Waals surface area (Å²) in [6, 6.07) is 10.4. The highest BCUT2D eigenvalue weighted by Crippen LogP contribution is 2.16. The first kappa shape index (κ1) is 17.6. The average Bonchev–Trinajstić information content (AvgIpc) is 3.11. The SMILES string of the molecule is Cc1nc2sccn2c1CNCc1ccccc1.O=C(O)C(=O)O. The Kier molecular flexibility index (Phi) is 6.05. The minimum absolute atomic E-state index is 0.846. The molecular formula is C16H17N3O4S. The van der Waals surface area contributed by atoms with Crippen LogP contribution in [-0.4, -0.2) is 31.5 Å². The van der Waals surface area contributed by atoms with Crippen LogP contribution in [0.15, 0.2) is 41.9 Å². The maximum atomic E-state index is 9.10. The zero-order valence-corrected chi connectivity index (χ0v) is 13.8. The molecule has 0 spiro atoms. The van der Waals surface area contributed by atoms with Gasteiger partial charge in [0.25, 0.3) is 0 Å². The molecule has 0 radical (unpaired) electrons. The summed E-state index contributed by atoms with van der Waals surface area (Å²) in [6.07, 6.45) is 2.08. The van der Waals surface area contributed by atoms with Crippen LogP contribution in [0.1, 0.15) is 17.0 Å². The van der Waals surface area contributed by atoms with Crippen molar-refractivity contribution in [2.24, 2.45) is 0 Å². The van der Waals surface area contributed by atoms with Crippen LogP contribution < -0.4 is 5.32 Å². The minimum Gasteiger partial charge on any atom is -0.473 e. The molecule has 2 aromatic heterocycles. The summed E-state index contributed by atoms with van der Waals surface area (Å²) in [7, 11) is 0. The van der Waals surface area contributed by atoms with Crippen LogP contribution in [0.3, 0.4) is 0 Å². The first-order valence-electron chi connectivity index (χ1n) is 7.11. The Hall–Kier alpha value is -2.71. The molecule has 0 unspecified atom stereocenters. The number of hydrogen-bond acceptors (Lipinski definition) is 5. The molecular weight excluding hydrogens is 330 g/mol. The third-order valence-corrected chi connectivity index (χ3v) is 3.97. The van der Waals surface area contributed by atoms with Crippen LogP contribution in [0.2, 0.25) is 0 Å². The van der Waals surface area contributed by atoms with E-state index in [1.54, 1.807) is 11.3 Å². The molecule has 0 amide bonds. The number of aromatic nitrogens is 2. The Morgan fingerprint density at radius 3 is 2.46 bits per heavy atom. The lowest BCUT2D eigenvalue weighted by Crippen LogP contribution is -2.14. The van der Waals surface area contributed by atoms with Crippen molar-refractivity contribution in [3.63, 3.8) is 0 Å². The van der Waals surface area contributed by atoms with Crippen LogP contribution in [-0.2, 0) is 22.7 Å². The van der Waals surface area contributed by atoms with Gasteiger partial charge < -0.3 is 15.5 Å². The zero-order chi connectivity index (χ0) is 17.5. The van der Waals surface area contributed by atoms with Crippen LogP contribution in [0.25, 0.3) is 4.96 Å². The van der Waals surface area contributed by atoms with E-state index in [9.17, 15) is 0 Å². The van der Waals surface area contributed by atoms with Crippen molar-refractivity contribution in [1.29, 1.82) is 0 Å². The number of benzene rings is 1. The summed E-state index contributed by atoms with van der Waals surface area (Å²) in [5.41, 5.74) is 3.67. The maximum Gasteiger partial charge on any atom is 0.414 e. The van der Waals surface area contributed by atoms with E-state index in [1.165, 1.54) is 11.3 Å². The molecule has 0 bridgehead atoms. The van der Waals surface area contributed by atoms with Crippen LogP contribution in [0.4, 0.5) is 0 Å². The third-order valence-electron chi connectivity index (χ3n) is 3.21. The number of hydrogen-bond donors (Lipinski definition) is 3. The van der Waals surface area contributed by atoms with Crippen molar-refractivity contribution in [1.82, 2.24) is 14.7 Å². The number of nitrogens with zero attached hydrogens (tertiary/aromatic N) is 2. The molecule has 0 aliphatic heterocycles. The van der Waals surface area contributed by atoms with Crippen molar-refractivity contribution in [3.05, 3.63) is 58.9 Å². The molecule has 3 aromatic rings. The Balaban J connectivity index is 0.000000301. The van der Waals surface area contributed by atoms with Gasteiger partial charge in [-0.15, -0.1) is 11.3 Å². The molecule has 2 heterocycles. The maximum absolute atomic E-state index is 9.10. The van der Waals surface area contributed by atoms with E-state index < -0.39 is 11.9 Å². The third kappa shape index (κ3) is 4.64. The van der Waals surface area contributed by atoms with E-state index in [-0.39, 0.29) is 0 Å². The number of carboxylic acid groups (broad SMARTS) is 2. The normalized spacial score (nSPS) is 10.2. The number of fused-ring (bicyclic) bond motifs is 1. The minimum atomic E-state index is -1.82. The highest BCUT2D eigenvalue weighted by atomic mass is 32.1. The summed E-state index contributed by atoms with van der Waals surface area (Å²) in [5, 5.41) is 20.3. The van der Waals surface area contributed by atoms with Gasteiger partial charge in [0.2, 0.25) is 0 Å². The van der Waals surface area contributed by atoms with Gasteiger partial charge in [0.05, 0.1) is 11.4 Å². The molecule has 0 saturated carbocycles. The van der Waals surface area contributed by atoms with Gasteiger partial charge in [0, 0.05) is 24.7 Å². The molecule has 0 fully saturated rings. The molecule has 0 aliphatic carbocycles. The molecule has 0 aliphatic rings. The molecule has 126 valence electrons. The Bertz CT molecular complexity index is 814. The van der Waals surface area contributed by atoms with Gasteiger partial charge in [-0.3, -0.25) is 4.40 Å². The molecule has 0 atom stereocenters. The number of nitrogens with one attached hydrogen (secondary N) is 1. The van der Waals surface area contributed by atoms with E-state index in [2.05, 4.69) is 57.5 Å². The topological polar surface area (TPSA) is 104 Å². The summed E-state index contributed by atoms with van der Waals surface area (Å²) >= 11 is 1.68. The standard InChI is InChI=1S/C14H15N3S.C2H2O4/c1-11-13(17-7-8-18-14(17)16-11)10-15-9-12-5-3-2-4-6-12;3-1(4)2(5)6/h2-8,15H,9-10H2,1H3;(H,3,4)(H,5,6). The van der Waals surface area contributed by atoms with Gasteiger partial charge in [-0.2, -0.15) is 0 Å². The van der Waals surface area contributed by atoms with E-state index in [4.69, 9.17) is 19.8 Å². The van der Waals surface area contributed by atoms with Crippen molar-refractivity contribution < 1.29 is 19.8 Å². The first-order valence-corrected chi connectivity index (χ1v) is 7.99. The number of imidazole rings is 1. The highest BCUT2D eigenvalue weighted by molar-refractivity contribution is 7.15. The van der Waals surface area contributed by atoms with E-state index in [0.717, 1.165) is 23.7 Å². The first-order chi connectivity index (χ1) is 11.5. The second-order valence-electron chi connectivity index (χ2n) is 4.90. The molecule has 8 heteroatoms. The summed E-state index contributed by atoms with van der Waals surface area (Å²) in [4.78, 5) is 23.8. The van der Waals surface area contributed by atoms with Gasteiger partial charge in [-0.25, -0.2) is 14.6 Å². The molecule has 3 rings (SSSR count). The van der Waals surface area contributed by atoms with Crippen LogP contribution >= 0.6 is 11.3 Å². The quantitative estimate of drug-likeness (QED) is 0.625. The highest BCUT2D eigenvalue weighted by Gasteiger charge is 2.08. The predicted octanol–water partition coefficient (Wildman–Crippen LogP) is 2.15. The summed E-state index contributed by atoms with van der Waals surface area (Å²) in [6.45, 7) is 3.80. The largest absolute Gasteiger partial charge is 0.473 e. The monoisotopic (exact) mass is 347 g/mol.